The van der Waals surface area contributed by atoms with Gasteiger partial charge in [0.05, 0.1) is 22.3 Å². The number of nitrogens with zero attached hydrogens (tertiary/aromatic N) is 1. The lowest BCUT2D eigenvalue weighted by atomic mass is 10.1. The van der Waals surface area contributed by atoms with Crippen LogP contribution in [0.1, 0.15) is 18.1 Å². The quantitative estimate of drug-likeness (QED) is 0.605. The molecule has 0 aliphatic heterocycles. The molecular weight excluding hydrogens is 375 g/mol. The number of benzene rings is 2. The molecule has 1 atom stereocenters. The van der Waals surface area contributed by atoms with Gasteiger partial charge in [0.25, 0.3) is 5.91 Å². The lowest BCUT2D eigenvalue weighted by Gasteiger charge is -2.13. The van der Waals surface area contributed by atoms with E-state index >= 15 is 0 Å². The molecule has 7 heteroatoms. The maximum atomic E-state index is 12.1. The summed E-state index contributed by atoms with van der Waals surface area (Å²) < 4.78 is 5.05. The summed E-state index contributed by atoms with van der Waals surface area (Å²) in [7, 11) is 0. The summed E-state index contributed by atoms with van der Waals surface area (Å²) in [6.45, 7) is 1.45. The van der Waals surface area contributed by atoms with E-state index in [2.05, 4.69) is 5.32 Å². The van der Waals surface area contributed by atoms with E-state index < -0.39 is 18.0 Å². The number of anilines is 1. The Bertz CT molecular complexity index is 887. The molecule has 0 unspecified atom stereocenters. The second-order valence-electron chi connectivity index (χ2n) is 5.26. The van der Waals surface area contributed by atoms with E-state index in [0.29, 0.717) is 21.3 Å². The second kappa shape index (κ2) is 9.04. The molecule has 132 valence electrons. The highest BCUT2D eigenvalue weighted by atomic mass is 35.5. The minimum absolute atomic E-state index is 0.321. The van der Waals surface area contributed by atoms with Crippen molar-refractivity contribution in [3.8, 4) is 6.07 Å². The van der Waals surface area contributed by atoms with Gasteiger partial charge in [0.2, 0.25) is 0 Å². The van der Waals surface area contributed by atoms with Gasteiger partial charge in [-0.05, 0) is 48.9 Å². The monoisotopic (exact) mass is 388 g/mol. The van der Waals surface area contributed by atoms with Gasteiger partial charge in [-0.1, -0.05) is 35.3 Å². The standard InChI is InChI=1S/C19H14Cl2N2O3/c1-12(19(25)23-17-10-15(20)7-8-16(17)21)26-18(24)9-6-13-2-4-14(11-22)5-3-13/h2-10,12H,1H3,(H,23,25)/b9-6+/t12-/m0/s1. The molecule has 2 rings (SSSR count). The zero-order chi connectivity index (χ0) is 19.1. The van der Waals surface area contributed by atoms with Crippen molar-refractivity contribution in [3.05, 3.63) is 69.7 Å². The first-order valence-corrected chi connectivity index (χ1v) is 8.29. The third-order valence-electron chi connectivity index (χ3n) is 3.30. The fourth-order valence-electron chi connectivity index (χ4n) is 1.93. The molecule has 0 bridgehead atoms. The zero-order valence-electron chi connectivity index (χ0n) is 13.7. The number of hydrogen-bond donors (Lipinski definition) is 1. The second-order valence-corrected chi connectivity index (χ2v) is 6.10. The van der Waals surface area contributed by atoms with Gasteiger partial charge in [-0.25, -0.2) is 4.79 Å². The van der Waals surface area contributed by atoms with Crippen molar-refractivity contribution in [3.63, 3.8) is 0 Å². The number of hydrogen-bond acceptors (Lipinski definition) is 4. The summed E-state index contributed by atoms with van der Waals surface area (Å²) in [4.78, 5) is 24.0. The Morgan fingerprint density at radius 3 is 2.54 bits per heavy atom. The van der Waals surface area contributed by atoms with Crippen LogP contribution in [-0.4, -0.2) is 18.0 Å². The number of esters is 1. The van der Waals surface area contributed by atoms with Gasteiger partial charge >= 0.3 is 5.97 Å². The summed E-state index contributed by atoms with van der Waals surface area (Å²) in [6.07, 6.45) is 1.71. The molecule has 0 spiro atoms. The number of carbonyl (C=O) groups is 2. The Kier molecular flexibility index (Phi) is 6.79. The third kappa shape index (κ3) is 5.62. The van der Waals surface area contributed by atoms with Crippen molar-refractivity contribution in [1.29, 1.82) is 5.26 Å². The summed E-state index contributed by atoms with van der Waals surface area (Å²) >= 11 is 11.8. The molecule has 0 saturated heterocycles. The van der Waals surface area contributed by atoms with Crippen LogP contribution in [0.3, 0.4) is 0 Å². The lowest BCUT2D eigenvalue weighted by Crippen LogP contribution is -2.29. The molecule has 0 heterocycles. The Morgan fingerprint density at radius 1 is 1.19 bits per heavy atom. The Morgan fingerprint density at radius 2 is 1.88 bits per heavy atom. The van der Waals surface area contributed by atoms with E-state index in [-0.39, 0.29) is 0 Å². The molecule has 0 aliphatic rings. The molecule has 0 saturated carbocycles. The third-order valence-corrected chi connectivity index (χ3v) is 3.86. The molecule has 1 N–H and O–H groups in total. The first kappa shape index (κ1) is 19.5. The van der Waals surface area contributed by atoms with Crippen LogP contribution in [0.2, 0.25) is 10.0 Å². The van der Waals surface area contributed by atoms with Gasteiger partial charge in [-0.15, -0.1) is 0 Å². The maximum Gasteiger partial charge on any atom is 0.331 e. The van der Waals surface area contributed by atoms with E-state index in [9.17, 15) is 9.59 Å². The Labute approximate surface area is 160 Å². The number of ether oxygens (including phenoxy) is 1. The van der Waals surface area contributed by atoms with Crippen molar-refractivity contribution >= 4 is 46.8 Å². The van der Waals surface area contributed by atoms with Crippen LogP contribution in [0.15, 0.2) is 48.5 Å². The molecule has 0 radical (unpaired) electrons. The summed E-state index contributed by atoms with van der Waals surface area (Å²) in [5.41, 5.74) is 1.58. The average molecular weight is 389 g/mol. The van der Waals surface area contributed by atoms with E-state index in [0.717, 1.165) is 5.56 Å². The first-order chi connectivity index (χ1) is 12.4. The molecule has 0 aromatic heterocycles. The molecule has 0 fully saturated rings. The Hall–Kier alpha value is -2.81. The van der Waals surface area contributed by atoms with Crippen molar-refractivity contribution in [2.24, 2.45) is 0 Å². The van der Waals surface area contributed by atoms with E-state index in [4.69, 9.17) is 33.2 Å². The van der Waals surface area contributed by atoms with Crippen LogP contribution in [0.25, 0.3) is 6.08 Å². The fraction of sp³-hybridized carbons (Fsp3) is 0.105. The normalized spacial score (nSPS) is 11.6. The van der Waals surface area contributed by atoms with Crippen molar-refractivity contribution < 1.29 is 14.3 Å². The molecule has 26 heavy (non-hydrogen) atoms. The smallest absolute Gasteiger partial charge is 0.331 e. The molecule has 5 nitrogen and oxygen atoms in total. The van der Waals surface area contributed by atoms with Crippen LogP contribution in [-0.2, 0) is 14.3 Å². The highest BCUT2D eigenvalue weighted by Gasteiger charge is 2.17. The number of rotatable bonds is 5. The van der Waals surface area contributed by atoms with Gasteiger partial charge in [0.1, 0.15) is 0 Å². The molecule has 2 aromatic carbocycles. The minimum Gasteiger partial charge on any atom is -0.449 e. The van der Waals surface area contributed by atoms with Gasteiger partial charge < -0.3 is 10.1 Å². The number of nitriles is 1. The SMILES string of the molecule is C[C@H](OC(=O)/C=C/c1ccc(C#N)cc1)C(=O)Nc1cc(Cl)ccc1Cl. The van der Waals surface area contributed by atoms with Gasteiger partial charge in [-0.3, -0.25) is 4.79 Å². The summed E-state index contributed by atoms with van der Waals surface area (Å²) in [6, 6.07) is 13.3. The molecule has 2 aromatic rings. The highest BCUT2D eigenvalue weighted by Crippen LogP contribution is 2.25. The van der Waals surface area contributed by atoms with Crippen LogP contribution < -0.4 is 5.32 Å². The van der Waals surface area contributed by atoms with E-state index in [1.165, 1.54) is 25.1 Å². The van der Waals surface area contributed by atoms with Crippen molar-refractivity contribution in [2.45, 2.75) is 13.0 Å². The largest absolute Gasteiger partial charge is 0.449 e. The number of amides is 1. The number of halogens is 2. The zero-order valence-corrected chi connectivity index (χ0v) is 15.2. The van der Waals surface area contributed by atoms with E-state index in [1.807, 2.05) is 6.07 Å². The fourth-order valence-corrected chi connectivity index (χ4v) is 2.26. The topological polar surface area (TPSA) is 79.2 Å². The van der Waals surface area contributed by atoms with Gasteiger partial charge in [0.15, 0.2) is 6.10 Å². The Balaban J connectivity index is 1.93. The maximum absolute atomic E-state index is 12.1. The van der Waals surface area contributed by atoms with Gasteiger partial charge in [0, 0.05) is 11.1 Å². The predicted molar refractivity (Wildman–Crippen MR) is 101 cm³/mol. The average Bonchev–Trinajstić information content (AvgIpc) is 2.63. The molecule has 0 aliphatic carbocycles. The van der Waals surface area contributed by atoms with Crippen LogP contribution >= 0.6 is 23.2 Å². The van der Waals surface area contributed by atoms with Crippen molar-refractivity contribution in [2.75, 3.05) is 5.32 Å². The van der Waals surface area contributed by atoms with Gasteiger partial charge in [-0.2, -0.15) is 5.26 Å². The lowest BCUT2D eigenvalue weighted by molar-refractivity contribution is -0.148. The molecular formula is C19H14Cl2N2O3. The minimum atomic E-state index is -1.02. The summed E-state index contributed by atoms with van der Waals surface area (Å²) in [5, 5.41) is 12.0. The molecule has 1 amide bonds. The van der Waals surface area contributed by atoms with E-state index in [1.54, 1.807) is 36.4 Å². The van der Waals surface area contributed by atoms with Crippen LogP contribution in [0, 0.1) is 11.3 Å². The summed E-state index contributed by atoms with van der Waals surface area (Å²) in [5.74, 6) is -1.21. The van der Waals surface area contributed by atoms with Crippen LogP contribution in [0.4, 0.5) is 5.69 Å². The van der Waals surface area contributed by atoms with Crippen molar-refractivity contribution in [1.82, 2.24) is 0 Å². The first-order valence-electron chi connectivity index (χ1n) is 7.54. The van der Waals surface area contributed by atoms with Crippen LogP contribution in [0.5, 0.6) is 0 Å². The number of nitrogens with one attached hydrogen (secondary N) is 1. The number of carbonyl (C=O) groups excluding carboxylic acids is 2. The highest BCUT2D eigenvalue weighted by molar-refractivity contribution is 6.35. The predicted octanol–water partition coefficient (Wildman–Crippen LogP) is 4.45.